The molecular formula is C73H50N4O. The minimum absolute atomic E-state index is 0.422. The number of fused-ring (bicyclic) bond motifs is 12. The third kappa shape index (κ3) is 6.91. The summed E-state index contributed by atoms with van der Waals surface area (Å²) in [6.45, 7) is 4.57. The van der Waals surface area contributed by atoms with Crippen molar-refractivity contribution in [2.24, 2.45) is 0 Å². The second-order valence-corrected chi connectivity index (χ2v) is 21.0. The predicted molar refractivity (Wildman–Crippen MR) is 317 cm³/mol. The fraction of sp³-hybridized carbons (Fsp3) is 0.0548. The van der Waals surface area contributed by atoms with Gasteiger partial charge in [-0.1, -0.05) is 244 Å². The average Bonchev–Trinajstić information content (AvgIpc) is 4.21. The maximum absolute atomic E-state index is 7.32. The lowest BCUT2D eigenvalue weighted by Crippen LogP contribution is -2.26. The fourth-order valence-corrected chi connectivity index (χ4v) is 12.8. The first-order valence-electron chi connectivity index (χ1n) is 26.8. The highest BCUT2D eigenvalue weighted by Crippen LogP contribution is 2.65. The predicted octanol–water partition coefficient (Wildman–Crippen LogP) is 18.5. The summed E-state index contributed by atoms with van der Waals surface area (Å²) in [6, 6.07) is 95.8. The number of aromatic nitrogens is 3. The van der Waals surface area contributed by atoms with E-state index in [0.717, 1.165) is 73.1 Å². The summed E-state index contributed by atoms with van der Waals surface area (Å²) in [5, 5.41) is 0. The number of hydrogen-bond acceptors (Lipinski definition) is 5. The van der Waals surface area contributed by atoms with E-state index < -0.39 is 10.8 Å². The van der Waals surface area contributed by atoms with Crippen LogP contribution in [0.25, 0.3) is 78.7 Å². The molecule has 0 radical (unpaired) electrons. The number of anilines is 3. The molecule has 2 heterocycles. The zero-order valence-corrected chi connectivity index (χ0v) is 43.1. The number of ether oxygens (including phenoxy) is 1. The summed E-state index contributed by atoms with van der Waals surface area (Å²) >= 11 is 0. The highest BCUT2D eigenvalue weighted by Gasteiger charge is 2.52. The molecule has 0 saturated heterocycles. The average molecular weight is 999 g/mol. The SMILES string of the molecule is CC1(C)c2cccc(-c3ccc(N(c4cccc(-c5ccccc5)c4)c4cccc5c4-c4ccccc4C54c5ccccc5-c5ccccc54)cc3)c2Oc2c(-c3nc(-c4ccccc4)nc(-c4ccccc4)n3)cccc21. The van der Waals surface area contributed by atoms with Gasteiger partial charge in [0.05, 0.1) is 16.7 Å². The van der Waals surface area contributed by atoms with E-state index in [2.05, 4.69) is 225 Å². The van der Waals surface area contributed by atoms with Crippen LogP contribution in [0, 0.1) is 0 Å². The summed E-state index contributed by atoms with van der Waals surface area (Å²) in [5.74, 6) is 3.33. The second kappa shape index (κ2) is 17.8. The van der Waals surface area contributed by atoms with Crippen LogP contribution in [0.5, 0.6) is 11.5 Å². The molecule has 5 heteroatoms. The molecule has 78 heavy (non-hydrogen) atoms. The van der Waals surface area contributed by atoms with E-state index in [9.17, 15) is 0 Å². The van der Waals surface area contributed by atoms with Gasteiger partial charge >= 0.3 is 0 Å². The lowest BCUT2D eigenvalue weighted by molar-refractivity contribution is 0.421. The standard InChI is InChI=1S/C73H50N4O/c1-72(2)63-39-19-33-54(67(63)78-68-58(34-20-40-64(68)72)71-75-69(49-24-8-4-9-25-49)74-70(76-71)50-26-10-5-11-27-50)48-42-44-52(45-43-48)77(53-29-18-28-51(46-53)47-22-6-3-7-23-47)65-41-21-38-62-66(65)57-32-14-17-37-61(57)73(62)59-35-15-12-30-55(59)56-31-13-16-36-60(56)73/h3-46H,1-2H3. The summed E-state index contributed by atoms with van der Waals surface area (Å²) in [5.41, 5.74) is 21.8. The second-order valence-electron chi connectivity index (χ2n) is 21.0. The minimum atomic E-state index is -0.479. The number of nitrogens with zero attached hydrogens (tertiary/aromatic N) is 4. The van der Waals surface area contributed by atoms with Crippen LogP contribution >= 0.6 is 0 Å². The highest BCUT2D eigenvalue weighted by molar-refractivity contribution is 6.01. The smallest absolute Gasteiger partial charge is 0.167 e. The van der Waals surface area contributed by atoms with E-state index in [0.29, 0.717) is 17.5 Å². The van der Waals surface area contributed by atoms with Gasteiger partial charge in [0.2, 0.25) is 0 Å². The van der Waals surface area contributed by atoms with Crippen LogP contribution in [0.2, 0.25) is 0 Å². The maximum Gasteiger partial charge on any atom is 0.167 e. The molecule has 368 valence electrons. The van der Waals surface area contributed by atoms with Crippen molar-refractivity contribution in [2.45, 2.75) is 24.7 Å². The van der Waals surface area contributed by atoms with Crippen molar-refractivity contribution in [1.29, 1.82) is 0 Å². The minimum Gasteiger partial charge on any atom is -0.455 e. The number of benzene rings is 11. The van der Waals surface area contributed by atoms with Crippen LogP contribution in [0.1, 0.15) is 47.2 Å². The molecule has 15 rings (SSSR count). The highest BCUT2D eigenvalue weighted by atomic mass is 16.5. The molecule has 0 bridgehead atoms. The zero-order valence-electron chi connectivity index (χ0n) is 43.1. The van der Waals surface area contributed by atoms with Crippen LogP contribution in [0.3, 0.4) is 0 Å². The van der Waals surface area contributed by atoms with Crippen molar-refractivity contribution in [2.75, 3.05) is 4.90 Å². The van der Waals surface area contributed by atoms with Crippen molar-refractivity contribution < 1.29 is 4.74 Å². The molecule has 1 aliphatic heterocycles. The van der Waals surface area contributed by atoms with Gasteiger partial charge in [0.15, 0.2) is 17.5 Å². The van der Waals surface area contributed by atoms with Crippen LogP contribution < -0.4 is 9.64 Å². The number of para-hydroxylation sites is 2. The van der Waals surface area contributed by atoms with Gasteiger partial charge in [-0.25, -0.2) is 15.0 Å². The van der Waals surface area contributed by atoms with Crippen LogP contribution in [-0.2, 0) is 10.8 Å². The molecule has 0 amide bonds. The fourth-order valence-electron chi connectivity index (χ4n) is 12.8. The summed E-state index contributed by atoms with van der Waals surface area (Å²) in [4.78, 5) is 17.8. The lowest BCUT2D eigenvalue weighted by Gasteiger charge is -2.36. The van der Waals surface area contributed by atoms with Gasteiger partial charge in [-0.3, -0.25) is 0 Å². The molecule has 0 atom stereocenters. The summed E-state index contributed by atoms with van der Waals surface area (Å²) in [6.07, 6.45) is 0. The van der Waals surface area contributed by atoms with Crippen molar-refractivity contribution in [3.63, 3.8) is 0 Å². The zero-order chi connectivity index (χ0) is 52.0. The van der Waals surface area contributed by atoms with Crippen molar-refractivity contribution in [3.8, 4) is 90.2 Å². The molecular weight excluding hydrogens is 949 g/mol. The quantitative estimate of drug-likeness (QED) is 0.152. The first-order chi connectivity index (χ1) is 38.4. The lowest BCUT2D eigenvalue weighted by atomic mass is 9.70. The number of rotatable bonds is 8. The molecule has 0 N–H and O–H groups in total. The van der Waals surface area contributed by atoms with E-state index in [-0.39, 0.29) is 0 Å². The van der Waals surface area contributed by atoms with Crippen molar-refractivity contribution in [3.05, 3.63) is 300 Å². The molecule has 5 nitrogen and oxygen atoms in total. The summed E-state index contributed by atoms with van der Waals surface area (Å²) in [7, 11) is 0. The Morgan fingerprint density at radius 3 is 1.36 bits per heavy atom. The van der Waals surface area contributed by atoms with Gasteiger partial charge in [0.1, 0.15) is 11.5 Å². The van der Waals surface area contributed by atoms with Gasteiger partial charge in [-0.05, 0) is 92.0 Å². The molecule has 12 aromatic rings. The first-order valence-corrected chi connectivity index (χ1v) is 26.8. The maximum atomic E-state index is 7.32. The third-order valence-corrected chi connectivity index (χ3v) is 16.4. The van der Waals surface area contributed by atoms with Crippen molar-refractivity contribution >= 4 is 17.1 Å². The van der Waals surface area contributed by atoms with Gasteiger partial charge in [-0.2, -0.15) is 0 Å². The molecule has 2 aliphatic carbocycles. The van der Waals surface area contributed by atoms with Crippen LogP contribution in [0.15, 0.2) is 267 Å². The van der Waals surface area contributed by atoms with Crippen LogP contribution in [0.4, 0.5) is 17.1 Å². The Hall–Kier alpha value is -9.97. The first kappa shape index (κ1) is 45.4. The van der Waals surface area contributed by atoms with Crippen LogP contribution in [-0.4, -0.2) is 15.0 Å². The third-order valence-electron chi connectivity index (χ3n) is 16.4. The van der Waals surface area contributed by atoms with Crippen molar-refractivity contribution in [1.82, 2.24) is 15.0 Å². The number of hydrogen-bond donors (Lipinski definition) is 0. The molecule has 1 aromatic heterocycles. The Morgan fingerprint density at radius 1 is 0.308 bits per heavy atom. The largest absolute Gasteiger partial charge is 0.455 e. The Labute approximate surface area is 454 Å². The topological polar surface area (TPSA) is 51.1 Å². The summed E-state index contributed by atoms with van der Waals surface area (Å²) < 4.78 is 7.32. The van der Waals surface area contributed by atoms with E-state index in [1.54, 1.807) is 0 Å². The molecule has 11 aromatic carbocycles. The Bertz CT molecular complexity index is 4220. The normalized spacial score (nSPS) is 13.6. The van der Waals surface area contributed by atoms with E-state index >= 15 is 0 Å². The Balaban J connectivity index is 0.879. The molecule has 0 fully saturated rings. The van der Waals surface area contributed by atoms with Gasteiger partial charge in [0.25, 0.3) is 0 Å². The Morgan fingerprint density at radius 2 is 0.744 bits per heavy atom. The van der Waals surface area contributed by atoms with Gasteiger partial charge in [-0.15, -0.1) is 0 Å². The monoisotopic (exact) mass is 998 g/mol. The molecule has 3 aliphatic rings. The van der Waals surface area contributed by atoms with Gasteiger partial charge < -0.3 is 9.64 Å². The van der Waals surface area contributed by atoms with E-state index in [1.165, 1.54) is 50.1 Å². The molecule has 0 saturated carbocycles. The molecule has 1 spiro atoms. The van der Waals surface area contributed by atoms with E-state index in [4.69, 9.17) is 19.7 Å². The Kier molecular flexibility index (Phi) is 10.4. The molecule has 0 unspecified atom stereocenters. The van der Waals surface area contributed by atoms with E-state index in [1.807, 2.05) is 60.7 Å². The van der Waals surface area contributed by atoms with Gasteiger partial charge in [0, 0.05) is 50.2 Å².